The summed E-state index contributed by atoms with van der Waals surface area (Å²) in [5.41, 5.74) is 2.99. The van der Waals surface area contributed by atoms with Gasteiger partial charge < -0.3 is 4.74 Å². The highest BCUT2D eigenvalue weighted by Gasteiger charge is 2.26. The van der Waals surface area contributed by atoms with Gasteiger partial charge in [0.25, 0.3) is 0 Å². The van der Waals surface area contributed by atoms with Crippen molar-refractivity contribution in [2.75, 3.05) is 13.2 Å². The maximum atomic E-state index is 5.45. The van der Waals surface area contributed by atoms with Crippen LogP contribution in [0.25, 0.3) is 0 Å². The Balaban J connectivity index is 2.00. The summed E-state index contributed by atoms with van der Waals surface area (Å²) >= 11 is 3.85. The van der Waals surface area contributed by atoms with E-state index in [0.717, 1.165) is 25.6 Å². The van der Waals surface area contributed by atoms with E-state index in [0.29, 0.717) is 4.83 Å². The third kappa shape index (κ3) is 2.67. The molecule has 1 aromatic rings. The minimum Gasteiger partial charge on any atom is -0.382 e. The summed E-state index contributed by atoms with van der Waals surface area (Å²) in [5, 5.41) is 0. The number of alkyl halides is 1. The molecule has 0 N–H and O–H groups in total. The van der Waals surface area contributed by atoms with Crippen molar-refractivity contribution in [3.63, 3.8) is 0 Å². The van der Waals surface area contributed by atoms with Gasteiger partial charge in [-0.15, -0.1) is 0 Å². The molecule has 0 saturated heterocycles. The van der Waals surface area contributed by atoms with Crippen LogP contribution < -0.4 is 0 Å². The molecule has 2 unspecified atom stereocenters. The van der Waals surface area contributed by atoms with Crippen molar-refractivity contribution >= 4 is 15.9 Å². The van der Waals surface area contributed by atoms with Gasteiger partial charge in [-0.05, 0) is 43.2 Å². The fraction of sp³-hybridized carbons (Fsp3) is 0.571. The number of ether oxygens (including phenoxy) is 1. The first-order chi connectivity index (χ1) is 7.83. The molecule has 16 heavy (non-hydrogen) atoms. The molecule has 0 spiro atoms. The van der Waals surface area contributed by atoms with Crippen LogP contribution in [-0.4, -0.2) is 13.2 Å². The lowest BCUT2D eigenvalue weighted by atomic mass is 9.82. The largest absolute Gasteiger partial charge is 0.382 e. The van der Waals surface area contributed by atoms with Crippen molar-refractivity contribution in [1.29, 1.82) is 0 Å². The van der Waals surface area contributed by atoms with Crippen LogP contribution in [0.4, 0.5) is 0 Å². The highest BCUT2D eigenvalue weighted by atomic mass is 79.9. The molecule has 1 nitrogen and oxygen atoms in total. The summed E-state index contributed by atoms with van der Waals surface area (Å²) in [6.45, 7) is 3.78. The number of benzene rings is 1. The van der Waals surface area contributed by atoms with Crippen LogP contribution in [0, 0.1) is 5.92 Å². The first-order valence-electron chi connectivity index (χ1n) is 6.12. The van der Waals surface area contributed by atoms with Gasteiger partial charge >= 0.3 is 0 Å². The summed E-state index contributed by atoms with van der Waals surface area (Å²) in [6.07, 6.45) is 3.66. The molecular weight excluding hydrogens is 264 g/mol. The highest BCUT2D eigenvalue weighted by Crippen LogP contribution is 2.41. The molecule has 0 amide bonds. The summed E-state index contributed by atoms with van der Waals surface area (Å²) < 4.78 is 5.45. The summed E-state index contributed by atoms with van der Waals surface area (Å²) in [7, 11) is 0. The van der Waals surface area contributed by atoms with Gasteiger partial charge in [0.15, 0.2) is 0 Å². The zero-order valence-electron chi connectivity index (χ0n) is 9.79. The molecule has 0 aliphatic heterocycles. The second-order valence-electron chi connectivity index (χ2n) is 4.38. The van der Waals surface area contributed by atoms with E-state index in [-0.39, 0.29) is 0 Å². The Kier molecular flexibility index (Phi) is 4.42. The third-order valence-corrected chi connectivity index (χ3v) is 4.63. The topological polar surface area (TPSA) is 9.23 Å². The lowest BCUT2D eigenvalue weighted by Crippen LogP contribution is -2.18. The maximum absolute atomic E-state index is 5.45. The van der Waals surface area contributed by atoms with Crippen molar-refractivity contribution < 1.29 is 4.74 Å². The average molecular weight is 283 g/mol. The van der Waals surface area contributed by atoms with Gasteiger partial charge in [-0.2, -0.15) is 0 Å². The lowest BCUT2D eigenvalue weighted by molar-refractivity contribution is 0.129. The molecular formula is C14H19BrO. The Hall–Kier alpha value is -0.340. The number of halogens is 1. The summed E-state index contributed by atoms with van der Waals surface area (Å²) in [4.78, 5) is 0.512. The van der Waals surface area contributed by atoms with Gasteiger partial charge in [0, 0.05) is 18.0 Å². The highest BCUT2D eigenvalue weighted by molar-refractivity contribution is 9.09. The SMILES string of the molecule is CCOCCC1CCc2ccccc2C1Br. The van der Waals surface area contributed by atoms with Crippen LogP contribution in [0.2, 0.25) is 0 Å². The van der Waals surface area contributed by atoms with Gasteiger partial charge in [-0.25, -0.2) is 0 Å². The Bertz CT molecular complexity index is 337. The molecule has 0 saturated carbocycles. The van der Waals surface area contributed by atoms with E-state index in [2.05, 4.69) is 47.1 Å². The van der Waals surface area contributed by atoms with E-state index in [4.69, 9.17) is 4.74 Å². The predicted molar refractivity (Wildman–Crippen MR) is 71.0 cm³/mol. The monoisotopic (exact) mass is 282 g/mol. The molecule has 1 aliphatic rings. The van der Waals surface area contributed by atoms with Gasteiger partial charge in [0.2, 0.25) is 0 Å². The second kappa shape index (κ2) is 5.83. The minimum absolute atomic E-state index is 0.512. The zero-order chi connectivity index (χ0) is 11.4. The van der Waals surface area contributed by atoms with Gasteiger partial charge in [0.05, 0.1) is 0 Å². The summed E-state index contributed by atoms with van der Waals surface area (Å²) in [5.74, 6) is 0.724. The van der Waals surface area contributed by atoms with E-state index in [1.807, 2.05) is 0 Å². The van der Waals surface area contributed by atoms with Gasteiger partial charge in [-0.1, -0.05) is 40.2 Å². The van der Waals surface area contributed by atoms with E-state index in [9.17, 15) is 0 Å². The normalized spacial score (nSPS) is 24.1. The van der Waals surface area contributed by atoms with Crippen molar-refractivity contribution in [2.45, 2.75) is 31.0 Å². The molecule has 88 valence electrons. The molecule has 0 bridgehead atoms. The van der Waals surface area contributed by atoms with E-state index >= 15 is 0 Å². The number of hydrogen-bond acceptors (Lipinski definition) is 1. The average Bonchev–Trinajstić information content (AvgIpc) is 2.33. The third-order valence-electron chi connectivity index (χ3n) is 3.39. The molecule has 0 radical (unpaired) electrons. The van der Waals surface area contributed by atoms with Crippen LogP contribution in [0.15, 0.2) is 24.3 Å². The number of hydrogen-bond donors (Lipinski definition) is 0. The standard InChI is InChI=1S/C14H19BrO/c1-2-16-10-9-12-8-7-11-5-3-4-6-13(11)14(12)15/h3-6,12,14H,2,7-10H2,1H3. The van der Waals surface area contributed by atoms with Crippen LogP contribution in [-0.2, 0) is 11.2 Å². The minimum atomic E-state index is 0.512. The van der Waals surface area contributed by atoms with Crippen LogP contribution in [0.5, 0.6) is 0 Å². The Labute approximate surface area is 106 Å². The van der Waals surface area contributed by atoms with Crippen LogP contribution in [0.3, 0.4) is 0 Å². The van der Waals surface area contributed by atoms with Crippen molar-refractivity contribution in [1.82, 2.24) is 0 Å². The van der Waals surface area contributed by atoms with E-state index in [1.54, 1.807) is 0 Å². The van der Waals surface area contributed by atoms with E-state index < -0.39 is 0 Å². The van der Waals surface area contributed by atoms with Crippen molar-refractivity contribution in [2.24, 2.45) is 5.92 Å². The molecule has 1 aromatic carbocycles. The quantitative estimate of drug-likeness (QED) is 0.597. The zero-order valence-corrected chi connectivity index (χ0v) is 11.4. The second-order valence-corrected chi connectivity index (χ2v) is 5.37. The first kappa shape index (κ1) is 12.1. The molecule has 0 fully saturated rings. The Morgan fingerprint density at radius 2 is 2.19 bits per heavy atom. The van der Waals surface area contributed by atoms with E-state index in [1.165, 1.54) is 24.0 Å². The summed E-state index contributed by atoms with van der Waals surface area (Å²) in [6, 6.07) is 8.78. The molecule has 2 atom stereocenters. The number of rotatable bonds is 4. The van der Waals surface area contributed by atoms with Crippen molar-refractivity contribution in [3.8, 4) is 0 Å². The van der Waals surface area contributed by atoms with Crippen LogP contribution >= 0.6 is 15.9 Å². The molecule has 0 heterocycles. The molecule has 2 rings (SSSR count). The Morgan fingerprint density at radius 3 is 3.00 bits per heavy atom. The molecule has 2 heteroatoms. The van der Waals surface area contributed by atoms with Gasteiger partial charge in [-0.3, -0.25) is 0 Å². The molecule has 1 aliphatic carbocycles. The number of fused-ring (bicyclic) bond motifs is 1. The number of aryl methyl sites for hydroxylation is 1. The van der Waals surface area contributed by atoms with Crippen molar-refractivity contribution in [3.05, 3.63) is 35.4 Å². The first-order valence-corrected chi connectivity index (χ1v) is 7.04. The fourth-order valence-corrected chi connectivity index (χ4v) is 3.42. The maximum Gasteiger partial charge on any atom is 0.0469 e. The van der Waals surface area contributed by atoms with Gasteiger partial charge in [0.1, 0.15) is 0 Å². The lowest BCUT2D eigenvalue weighted by Gasteiger charge is -2.29. The predicted octanol–water partition coefficient (Wildman–Crippen LogP) is 4.11. The molecule has 0 aromatic heterocycles. The smallest absolute Gasteiger partial charge is 0.0469 e. The van der Waals surface area contributed by atoms with Crippen LogP contribution in [0.1, 0.15) is 35.7 Å². The fourth-order valence-electron chi connectivity index (χ4n) is 2.44. The Morgan fingerprint density at radius 1 is 1.38 bits per heavy atom.